The van der Waals surface area contributed by atoms with Gasteiger partial charge in [-0.2, -0.15) is 8.78 Å². The van der Waals surface area contributed by atoms with Gasteiger partial charge in [-0.3, -0.25) is 9.59 Å². The van der Waals surface area contributed by atoms with Gasteiger partial charge in [0.2, 0.25) is 0 Å². The molecule has 0 unspecified atom stereocenters. The van der Waals surface area contributed by atoms with E-state index in [0.717, 1.165) is 6.92 Å². The van der Waals surface area contributed by atoms with E-state index < -0.39 is 18.2 Å². The quantitative estimate of drug-likeness (QED) is 0.510. The molecule has 0 aliphatic heterocycles. The van der Waals surface area contributed by atoms with Crippen LogP contribution in [0.5, 0.6) is 0 Å². The van der Waals surface area contributed by atoms with Crippen molar-refractivity contribution in [1.82, 2.24) is 10.9 Å². The Bertz CT molecular complexity index is 148. The third-order valence-electron chi connectivity index (χ3n) is 0.522. The summed E-state index contributed by atoms with van der Waals surface area (Å²) in [5.41, 5.74) is 4.10. The Morgan fingerprint density at radius 1 is 1.50 bits per heavy atom. The van der Waals surface area contributed by atoms with Crippen LogP contribution < -0.4 is 10.9 Å². The molecular formula is C4H5F2N2O2. The topological polar surface area (TPSA) is 60.3 Å². The molecule has 2 amide bonds. The second kappa shape index (κ2) is 3.76. The van der Waals surface area contributed by atoms with Crippen molar-refractivity contribution in [1.29, 1.82) is 0 Å². The molecule has 10 heavy (non-hydrogen) atoms. The fourth-order valence-electron chi connectivity index (χ4n) is 0.183. The van der Waals surface area contributed by atoms with Crippen LogP contribution in [0.4, 0.5) is 8.78 Å². The summed E-state index contributed by atoms with van der Waals surface area (Å²) in [6.45, 7) is 1.03. The van der Waals surface area contributed by atoms with Crippen molar-refractivity contribution >= 4 is 11.8 Å². The van der Waals surface area contributed by atoms with Gasteiger partial charge in [-0.05, 0) is 0 Å². The third kappa shape index (κ3) is 3.76. The molecule has 0 aliphatic carbocycles. The van der Waals surface area contributed by atoms with Gasteiger partial charge in [-0.25, -0.2) is 5.43 Å². The van der Waals surface area contributed by atoms with Gasteiger partial charge in [0, 0.05) is 6.92 Å². The van der Waals surface area contributed by atoms with E-state index in [4.69, 9.17) is 0 Å². The van der Waals surface area contributed by atoms with Crippen molar-refractivity contribution < 1.29 is 18.4 Å². The molecule has 57 valence electrons. The largest absolute Gasteiger partial charge is 0.317 e. The van der Waals surface area contributed by atoms with Crippen LogP contribution in [0.25, 0.3) is 0 Å². The van der Waals surface area contributed by atoms with Gasteiger partial charge < -0.3 is 0 Å². The van der Waals surface area contributed by atoms with E-state index in [9.17, 15) is 18.4 Å². The van der Waals surface area contributed by atoms with Crippen LogP contribution in [0.15, 0.2) is 0 Å². The predicted molar refractivity (Wildman–Crippen MR) is 27.0 cm³/mol. The maximum atomic E-state index is 11.3. The molecule has 0 rings (SSSR count). The molecule has 0 aliphatic rings. The summed E-state index contributed by atoms with van der Waals surface area (Å²) in [6, 6.07) is 0. The van der Waals surface area contributed by atoms with E-state index in [1.807, 2.05) is 0 Å². The molecule has 0 spiro atoms. The second-order valence-electron chi connectivity index (χ2n) is 1.41. The summed E-state index contributed by atoms with van der Waals surface area (Å²) in [7, 11) is 0. The molecule has 0 heterocycles. The molecule has 0 aromatic heterocycles. The van der Waals surface area contributed by atoms with Gasteiger partial charge in [0.1, 0.15) is 0 Å². The normalized spacial score (nSPS) is 9.20. The van der Waals surface area contributed by atoms with Crippen LogP contribution in [-0.4, -0.2) is 18.2 Å². The molecule has 0 saturated carbocycles. The first-order valence-electron chi connectivity index (χ1n) is 2.33. The summed E-state index contributed by atoms with van der Waals surface area (Å²) in [6.07, 6.45) is -3.14. The lowest BCUT2D eigenvalue weighted by Gasteiger charge is -1.98. The molecule has 0 aromatic carbocycles. The van der Waals surface area contributed by atoms with E-state index in [1.165, 1.54) is 5.43 Å². The Morgan fingerprint density at radius 3 is 2.30 bits per heavy atom. The van der Waals surface area contributed by atoms with Gasteiger partial charge in [0.25, 0.3) is 5.91 Å². The summed E-state index contributed by atoms with van der Waals surface area (Å²) >= 11 is 0. The summed E-state index contributed by atoms with van der Waals surface area (Å²) in [5, 5.41) is 0. The number of nitrogens with one attached hydrogen (secondary N) is 1. The molecule has 0 atom stereocenters. The van der Waals surface area contributed by atoms with Crippen molar-refractivity contribution in [3.8, 4) is 0 Å². The van der Waals surface area contributed by atoms with Gasteiger partial charge in [-0.1, -0.05) is 0 Å². The lowest BCUT2D eigenvalue weighted by atomic mass is 10.7. The zero-order chi connectivity index (χ0) is 8.15. The van der Waals surface area contributed by atoms with Crippen LogP contribution >= 0.6 is 0 Å². The second-order valence-corrected chi connectivity index (χ2v) is 1.41. The number of halogens is 2. The van der Waals surface area contributed by atoms with Crippen molar-refractivity contribution in [2.45, 2.75) is 13.3 Å². The first kappa shape index (κ1) is 8.80. The summed E-state index contributed by atoms with van der Waals surface area (Å²) in [4.78, 5) is 19.9. The minimum atomic E-state index is -3.14. The maximum Gasteiger partial charge on any atom is 0.317 e. The molecule has 0 fully saturated rings. The first-order valence-corrected chi connectivity index (χ1v) is 2.33. The summed E-state index contributed by atoms with van der Waals surface area (Å²) < 4.78 is 22.6. The Morgan fingerprint density at radius 2 is 2.00 bits per heavy atom. The number of rotatable bonds is 1. The molecule has 1 N–H and O–H groups in total. The molecule has 1 radical (unpaired) electrons. The highest BCUT2D eigenvalue weighted by Crippen LogP contribution is 1.88. The first-order chi connectivity index (χ1) is 4.54. The Kier molecular flexibility index (Phi) is 3.30. The van der Waals surface area contributed by atoms with Crippen molar-refractivity contribution in [2.24, 2.45) is 0 Å². The number of carbonyl (C=O) groups excluding carboxylic acids is 2. The van der Waals surface area contributed by atoms with Gasteiger partial charge in [0.15, 0.2) is 0 Å². The highest BCUT2D eigenvalue weighted by molar-refractivity contribution is 5.82. The SMILES string of the molecule is CC(=O)[N]NC(=O)C(F)F. The smallest absolute Gasteiger partial charge is 0.271 e. The summed E-state index contributed by atoms with van der Waals surface area (Å²) in [5.74, 6) is -2.30. The Balaban J connectivity index is 3.50. The van der Waals surface area contributed by atoms with Crippen molar-refractivity contribution in [2.75, 3.05) is 0 Å². The van der Waals surface area contributed by atoms with E-state index in [1.54, 1.807) is 0 Å². The highest BCUT2D eigenvalue weighted by Gasteiger charge is 2.14. The third-order valence-corrected chi connectivity index (χ3v) is 0.522. The van der Waals surface area contributed by atoms with E-state index in [0.29, 0.717) is 0 Å². The molecule has 0 aromatic rings. The van der Waals surface area contributed by atoms with Crippen LogP contribution in [0.2, 0.25) is 0 Å². The monoisotopic (exact) mass is 151 g/mol. The van der Waals surface area contributed by atoms with Crippen molar-refractivity contribution in [3.05, 3.63) is 0 Å². The van der Waals surface area contributed by atoms with Crippen molar-refractivity contribution in [3.63, 3.8) is 0 Å². The lowest BCUT2D eigenvalue weighted by Crippen LogP contribution is -2.37. The molecular weight excluding hydrogens is 146 g/mol. The van der Waals surface area contributed by atoms with Gasteiger partial charge in [0.05, 0.1) is 0 Å². The number of amides is 2. The average molecular weight is 151 g/mol. The fraction of sp³-hybridized carbons (Fsp3) is 0.500. The number of nitrogens with zero attached hydrogens (tertiary/aromatic N) is 1. The van der Waals surface area contributed by atoms with E-state index >= 15 is 0 Å². The zero-order valence-corrected chi connectivity index (χ0v) is 5.10. The molecule has 6 heteroatoms. The molecule has 0 bridgehead atoms. The standard InChI is InChI=1S/C4H5F2N2O2/c1-2(9)7-8-4(10)3(5)6/h3H,1H3,(H,8,10). The number of hydrogen-bond acceptors (Lipinski definition) is 2. The van der Waals surface area contributed by atoms with Crippen LogP contribution in [0.1, 0.15) is 6.92 Å². The van der Waals surface area contributed by atoms with E-state index in [-0.39, 0.29) is 0 Å². The van der Waals surface area contributed by atoms with Crippen LogP contribution in [0.3, 0.4) is 0 Å². The molecule has 0 saturated heterocycles. The van der Waals surface area contributed by atoms with Gasteiger partial charge >= 0.3 is 12.3 Å². The van der Waals surface area contributed by atoms with Gasteiger partial charge in [-0.15, -0.1) is 5.43 Å². The Labute approximate surface area is 55.6 Å². The number of alkyl halides is 2. The minimum absolute atomic E-state index is 0.728. The van der Waals surface area contributed by atoms with E-state index in [2.05, 4.69) is 5.43 Å². The average Bonchev–Trinajstić information content (AvgIpc) is 1.82. The number of hydrogen-bond donors (Lipinski definition) is 1. The number of carbonyl (C=O) groups is 2. The highest BCUT2D eigenvalue weighted by atomic mass is 19.3. The van der Waals surface area contributed by atoms with Crippen LogP contribution in [0, 0.1) is 0 Å². The minimum Gasteiger partial charge on any atom is -0.271 e. The molecule has 4 nitrogen and oxygen atoms in total. The maximum absolute atomic E-state index is 11.3. The van der Waals surface area contributed by atoms with Crippen LogP contribution in [-0.2, 0) is 9.59 Å². The predicted octanol–water partition coefficient (Wildman–Crippen LogP) is -0.566. The zero-order valence-electron chi connectivity index (χ0n) is 5.10. The fourth-order valence-corrected chi connectivity index (χ4v) is 0.183. The lowest BCUT2D eigenvalue weighted by molar-refractivity contribution is -0.135. The Hall–Kier alpha value is -1.20.